The van der Waals surface area contributed by atoms with E-state index >= 15 is 0 Å². The summed E-state index contributed by atoms with van der Waals surface area (Å²) in [7, 11) is 1.52. The number of ether oxygens (including phenoxy) is 2. The van der Waals surface area contributed by atoms with Crippen molar-refractivity contribution >= 4 is 24.2 Å². The minimum atomic E-state index is -0.621. The van der Waals surface area contributed by atoms with Crippen LogP contribution in [0.25, 0.3) is 0 Å². The van der Waals surface area contributed by atoms with Crippen molar-refractivity contribution in [3.63, 3.8) is 0 Å². The van der Waals surface area contributed by atoms with E-state index in [2.05, 4.69) is 10.6 Å². The number of carbonyl (C=O) groups excluding carboxylic acids is 2. The Kier molecular flexibility index (Phi) is 10.6. The zero-order chi connectivity index (χ0) is 20.4. The molecule has 0 heterocycles. The summed E-state index contributed by atoms with van der Waals surface area (Å²) in [5.74, 6) is 0.530. The molecule has 29 heavy (non-hydrogen) atoms. The summed E-state index contributed by atoms with van der Waals surface area (Å²) in [5, 5.41) is 5.49. The second-order valence-electron chi connectivity index (χ2n) is 6.24. The van der Waals surface area contributed by atoms with Gasteiger partial charge in [0.1, 0.15) is 0 Å². The molecule has 0 aliphatic carbocycles. The molecule has 8 heteroatoms. The molecule has 0 aliphatic heterocycles. The summed E-state index contributed by atoms with van der Waals surface area (Å²) in [6.45, 7) is 2.61. The maximum absolute atomic E-state index is 12.2. The number of carbonyl (C=O) groups is 2. The quantitative estimate of drug-likeness (QED) is 0.543. The summed E-state index contributed by atoms with van der Waals surface area (Å²) < 4.78 is 10.8. The number of rotatable bonds is 10. The number of nitrogens with one attached hydrogen (secondary N) is 2. The van der Waals surface area contributed by atoms with Gasteiger partial charge in [0.25, 0.3) is 5.91 Å². The summed E-state index contributed by atoms with van der Waals surface area (Å²) >= 11 is 0. The van der Waals surface area contributed by atoms with Crippen molar-refractivity contribution in [2.45, 2.75) is 25.9 Å². The average Bonchev–Trinajstić information content (AvgIpc) is 2.71. The van der Waals surface area contributed by atoms with Gasteiger partial charge in [0.15, 0.2) is 18.1 Å². The number of likely N-dealkylation sites (N-methyl/N-ethyl adjacent to an activating group) is 1. The van der Waals surface area contributed by atoms with Crippen LogP contribution in [0.2, 0.25) is 0 Å². The van der Waals surface area contributed by atoms with E-state index in [0.717, 1.165) is 11.1 Å². The highest BCUT2D eigenvalue weighted by Gasteiger charge is 2.14. The van der Waals surface area contributed by atoms with Gasteiger partial charge in [-0.3, -0.25) is 9.59 Å². The molecule has 2 amide bonds. The first-order chi connectivity index (χ1) is 13.5. The molecule has 0 radical (unpaired) electrons. The van der Waals surface area contributed by atoms with Gasteiger partial charge in [-0.2, -0.15) is 0 Å². The topological polar surface area (TPSA) is 103 Å². The number of amides is 2. The first-order valence-electron chi connectivity index (χ1n) is 9.17. The highest BCUT2D eigenvalue weighted by molar-refractivity contribution is 5.85. The molecule has 0 aromatic heterocycles. The molecule has 4 N–H and O–H groups in total. The number of nitrogens with two attached hydrogens (primary N) is 1. The van der Waals surface area contributed by atoms with Gasteiger partial charge in [0.05, 0.1) is 13.2 Å². The van der Waals surface area contributed by atoms with Gasteiger partial charge in [0, 0.05) is 13.1 Å². The van der Waals surface area contributed by atoms with Crippen molar-refractivity contribution in [1.82, 2.24) is 10.6 Å². The summed E-state index contributed by atoms with van der Waals surface area (Å²) in [6, 6.07) is 14.3. The smallest absolute Gasteiger partial charge is 0.257 e. The molecule has 158 valence electrons. The molecule has 1 atom stereocenters. The van der Waals surface area contributed by atoms with E-state index in [1.54, 1.807) is 18.2 Å². The molecule has 0 saturated carbocycles. The van der Waals surface area contributed by atoms with Gasteiger partial charge >= 0.3 is 0 Å². The Morgan fingerprint density at radius 3 is 2.41 bits per heavy atom. The molecule has 2 aromatic rings. The van der Waals surface area contributed by atoms with Crippen molar-refractivity contribution in [2.75, 3.05) is 20.3 Å². The second kappa shape index (κ2) is 12.6. The molecule has 2 rings (SSSR count). The third-order valence-electron chi connectivity index (χ3n) is 4.06. The van der Waals surface area contributed by atoms with E-state index < -0.39 is 6.04 Å². The van der Waals surface area contributed by atoms with Crippen molar-refractivity contribution in [1.29, 1.82) is 0 Å². The van der Waals surface area contributed by atoms with Crippen LogP contribution in [0.5, 0.6) is 11.5 Å². The minimum absolute atomic E-state index is 0. The normalized spacial score (nSPS) is 11.0. The Labute approximate surface area is 177 Å². The molecular formula is C21H28ClN3O4. The maximum atomic E-state index is 12.2. The van der Waals surface area contributed by atoms with Crippen LogP contribution in [-0.2, 0) is 22.6 Å². The third-order valence-corrected chi connectivity index (χ3v) is 4.06. The van der Waals surface area contributed by atoms with Crippen LogP contribution in [0.3, 0.4) is 0 Å². The number of methoxy groups -OCH3 is 1. The molecule has 0 aliphatic rings. The Morgan fingerprint density at radius 1 is 1.03 bits per heavy atom. The van der Waals surface area contributed by atoms with Gasteiger partial charge in [-0.05, 0) is 36.6 Å². The van der Waals surface area contributed by atoms with Crippen LogP contribution in [0, 0.1) is 0 Å². The average molecular weight is 422 g/mol. The van der Waals surface area contributed by atoms with Gasteiger partial charge < -0.3 is 25.8 Å². The van der Waals surface area contributed by atoms with E-state index in [-0.39, 0.29) is 30.8 Å². The molecule has 0 spiro atoms. The van der Waals surface area contributed by atoms with Crippen LogP contribution < -0.4 is 25.8 Å². The second-order valence-corrected chi connectivity index (χ2v) is 6.24. The first kappa shape index (κ1) is 24.3. The fourth-order valence-electron chi connectivity index (χ4n) is 2.61. The molecule has 7 nitrogen and oxygen atoms in total. The highest BCUT2D eigenvalue weighted by Crippen LogP contribution is 2.28. The van der Waals surface area contributed by atoms with Gasteiger partial charge in [-0.15, -0.1) is 12.4 Å². The van der Waals surface area contributed by atoms with E-state index in [0.29, 0.717) is 31.0 Å². The lowest BCUT2D eigenvalue weighted by Crippen LogP contribution is -2.41. The van der Waals surface area contributed by atoms with Crippen LogP contribution in [-0.4, -0.2) is 38.1 Å². The maximum Gasteiger partial charge on any atom is 0.257 e. The van der Waals surface area contributed by atoms with Crippen molar-refractivity contribution in [3.8, 4) is 11.5 Å². The Morgan fingerprint density at radius 2 is 1.76 bits per heavy atom. The summed E-state index contributed by atoms with van der Waals surface area (Å²) in [4.78, 5) is 23.8. The third kappa shape index (κ3) is 8.01. The van der Waals surface area contributed by atoms with E-state index in [1.807, 2.05) is 37.3 Å². The SMILES string of the molecule is CCNC(=O)COc1ccc(CNC(=O)[C@@H](N)Cc2ccccc2)cc1OC.Cl. The van der Waals surface area contributed by atoms with Crippen molar-refractivity contribution < 1.29 is 19.1 Å². The molecule has 0 bridgehead atoms. The van der Waals surface area contributed by atoms with Gasteiger partial charge in [-0.1, -0.05) is 36.4 Å². The molecule has 0 unspecified atom stereocenters. The van der Waals surface area contributed by atoms with Gasteiger partial charge in [0.2, 0.25) is 5.91 Å². The number of hydrogen-bond donors (Lipinski definition) is 3. The minimum Gasteiger partial charge on any atom is -0.493 e. The van der Waals surface area contributed by atoms with Crippen LogP contribution in [0.1, 0.15) is 18.1 Å². The lowest BCUT2D eigenvalue weighted by atomic mass is 10.1. The molecule has 0 fully saturated rings. The number of hydrogen-bond acceptors (Lipinski definition) is 5. The zero-order valence-electron chi connectivity index (χ0n) is 16.6. The van der Waals surface area contributed by atoms with Crippen molar-refractivity contribution in [3.05, 3.63) is 59.7 Å². The Bertz CT molecular complexity index is 787. The predicted octanol–water partition coefficient (Wildman–Crippen LogP) is 1.82. The Hall–Kier alpha value is -2.77. The van der Waals surface area contributed by atoms with E-state index in [1.165, 1.54) is 7.11 Å². The predicted molar refractivity (Wildman–Crippen MR) is 114 cm³/mol. The molecular weight excluding hydrogens is 394 g/mol. The zero-order valence-corrected chi connectivity index (χ0v) is 17.5. The number of benzene rings is 2. The fraction of sp³-hybridized carbons (Fsp3) is 0.333. The Balaban J connectivity index is 0.00000420. The van der Waals surface area contributed by atoms with Crippen LogP contribution in [0.15, 0.2) is 48.5 Å². The standard InChI is InChI=1S/C21H27N3O4.ClH/c1-3-23-20(25)14-28-18-10-9-16(12-19(18)27-2)13-24-21(26)17(22)11-15-7-5-4-6-8-15;/h4-10,12,17H,3,11,13-14,22H2,1-2H3,(H,23,25)(H,24,26);1H/t17-;/m0./s1. The monoisotopic (exact) mass is 421 g/mol. The van der Waals surface area contributed by atoms with E-state index in [4.69, 9.17) is 15.2 Å². The summed E-state index contributed by atoms with van der Waals surface area (Å²) in [5.41, 5.74) is 7.84. The lowest BCUT2D eigenvalue weighted by molar-refractivity contribution is -0.123. The number of halogens is 1. The highest BCUT2D eigenvalue weighted by atomic mass is 35.5. The molecule has 0 saturated heterocycles. The van der Waals surface area contributed by atoms with E-state index in [9.17, 15) is 9.59 Å². The molecule has 2 aromatic carbocycles. The van der Waals surface area contributed by atoms with Crippen molar-refractivity contribution in [2.24, 2.45) is 5.73 Å². The fourth-order valence-corrected chi connectivity index (χ4v) is 2.61. The first-order valence-corrected chi connectivity index (χ1v) is 9.17. The van der Waals surface area contributed by atoms with Crippen LogP contribution in [0.4, 0.5) is 0 Å². The largest absolute Gasteiger partial charge is 0.493 e. The summed E-state index contributed by atoms with van der Waals surface area (Å²) in [6.07, 6.45) is 0.475. The lowest BCUT2D eigenvalue weighted by Gasteiger charge is -2.14. The van der Waals surface area contributed by atoms with Gasteiger partial charge in [-0.25, -0.2) is 0 Å². The van der Waals surface area contributed by atoms with Crippen LogP contribution >= 0.6 is 12.4 Å².